The van der Waals surface area contributed by atoms with Crippen LogP contribution in [0.3, 0.4) is 0 Å². The molecule has 2 heterocycles. The predicted octanol–water partition coefficient (Wildman–Crippen LogP) is -8.38. The third kappa shape index (κ3) is 15.4. The Hall–Kier alpha value is -6.48. The van der Waals surface area contributed by atoms with Crippen LogP contribution < -0.4 is 43.0 Å². The zero-order valence-corrected chi connectivity index (χ0v) is 32.5. The van der Waals surface area contributed by atoms with E-state index in [0.29, 0.717) is 6.42 Å². The molecule has 0 spiro atoms. The van der Waals surface area contributed by atoms with E-state index < -0.39 is 159 Å². The molecule has 0 radical (unpaired) electrons. The standard InChI is InChI=1S/C33H50N10O17/c1-14(39-29(55)18(8-26(51)52)40-23(47)10-36-28(54)17(34)7-25(49)50)27(53)35-9-22(46)38-15(2)32(58)43-12-16(45)6-21(43)30(56)37-11-24(48)42-5-3-4-20(42)31(57)41-19(13-44)33(59)60/h14-21,44-45H,3-13,34H2,1-2H3,(H,35,53)(H,36,54)(H,37,56)(H,38,46)(H,39,55)(H,40,47)(H,41,57)(H,49,50)(H,51,52)(H,59,60)/t14-,15-,16+,17-,18-,19-,20-,21-/m0/s1. The van der Waals surface area contributed by atoms with Crippen molar-refractivity contribution in [1.29, 1.82) is 0 Å². The van der Waals surface area contributed by atoms with E-state index in [2.05, 4.69) is 31.9 Å². The molecular weight excluding hydrogens is 808 g/mol. The number of likely N-dealkylation sites (tertiary alicyclic amines) is 2. The highest BCUT2D eigenvalue weighted by molar-refractivity contribution is 5.98. The van der Waals surface area contributed by atoms with Crippen molar-refractivity contribution in [3.63, 3.8) is 0 Å². The van der Waals surface area contributed by atoms with Crippen LogP contribution in [-0.2, 0) is 57.5 Å². The molecule has 8 atom stereocenters. The summed E-state index contributed by atoms with van der Waals surface area (Å²) >= 11 is 0. The molecule has 2 aliphatic rings. The topological polar surface area (TPSA) is 423 Å². The summed E-state index contributed by atoms with van der Waals surface area (Å²) in [5.41, 5.74) is 5.39. The van der Waals surface area contributed by atoms with E-state index >= 15 is 0 Å². The van der Waals surface area contributed by atoms with Gasteiger partial charge in [-0.05, 0) is 26.7 Å². The number of nitrogens with zero attached hydrogens (tertiary/aromatic N) is 2. The van der Waals surface area contributed by atoms with Crippen molar-refractivity contribution < 1.29 is 83.1 Å². The molecule has 0 bridgehead atoms. The molecule has 27 nitrogen and oxygen atoms in total. The van der Waals surface area contributed by atoms with Crippen LogP contribution in [-0.4, -0.2) is 194 Å². The molecule has 0 saturated carbocycles. The molecule has 334 valence electrons. The summed E-state index contributed by atoms with van der Waals surface area (Å²) in [6.45, 7) is -0.821. The Kier molecular flexibility index (Phi) is 19.2. The summed E-state index contributed by atoms with van der Waals surface area (Å²) in [5, 5.41) is 61.7. The number of carbonyl (C=O) groups is 12. The lowest BCUT2D eigenvalue weighted by Crippen LogP contribution is -2.56. The minimum Gasteiger partial charge on any atom is -0.481 e. The van der Waals surface area contributed by atoms with Gasteiger partial charge in [0.2, 0.25) is 53.2 Å². The first kappa shape index (κ1) is 49.7. The average Bonchev–Trinajstić information content (AvgIpc) is 3.83. The van der Waals surface area contributed by atoms with Gasteiger partial charge < -0.3 is 78.3 Å². The molecule has 2 fully saturated rings. The number of nitrogens with one attached hydrogen (secondary N) is 7. The Morgan fingerprint density at radius 1 is 0.667 bits per heavy atom. The number of aliphatic hydroxyl groups excluding tert-OH is 2. The maximum Gasteiger partial charge on any atom is 0.328 e. The second kappa shape index (κ2) is 23.2. The van der Waals surface area contributed by atoms with Gasteiger partial charge in [0.25, 0.3) is 0 Å². The highest BCUT2D eigenvalue weighted by Crippen LogP contribution is 2.20. The fourth-order valence-corrected chi connectivity index (χ4v) is 5.99. The van der Waals surface area contributed by atoms with Crippen molar-refractivity contribution in [2.45, 2.75) is 94.3 Å². The first-order valence-corrected chi connectivity index (χ1v) is 18.4. The number of carbonyl (C=O) groups excluding carboxylic acids is 9. The van der Waals surface area contributed by atoms with Crippen molar-refractivity contribution in [2.75, 3.05) is 39.3 Å². The molecule has 0 aromatic rings. The first-order valence-electron chi connectivity index (χ1n) is 18.4. The molecule has 0 aliphatic carbocycles. The van der Waals surface area contributed by atoms with Crippen LogP contribution in [0.5, 0.6) is 0 Å². The summed E-state index contributed by atoms with van der Waals surface area (Å²) in [7, 11) is 0. The number of hydrogen-bond donors (Lipinski definition) is 13. The predicted molar refractivity (Wildman–Crippen MR) is 196 cm³/mol. The summed E-state index contributed by atoms with van der Waals surface area (Å²) < 4.78 is 0. The molecule has 2 rings (SSSR count). The summed E-state index contributed by atoms with van der Waals surface area (Å²) in [5.74, 6) is -12.6. The van der Waals surface area contributed by atoms with Gasteiger partial charge in [0.1, 0.15) is 36.3 Å². The molecule has 60 heavy (non-hydrogen) atoms. The number of amides is 9. The van der Waals surface area contributed by atoms with E-state index in [1.165, 1.54) is 6.92 Å². The summed E-state index contributed by atoms with van der Waals surface area (Å²) in [4.78, 5) is 149. The van der Waals surface area contributed by atoms with Gasteiger partial charge in [0.05, 0.1) is 51.2 Å². The van der Waals surface area contributed by atoms with Crippen molar-refractivity contribution in [1.82, 2.24) is 47.0 Å². The largest absolute Gasteiger partial charge is 0.481 e. The highest BCUT2D eigenvalue weighted by atomic mass is 16.4. The van der Waals surface area contributed by atoms with Gasteiger partial charge in [-0.25, -0.2) is 4.79 Å². The lowest BCUT2D eigenvalue weighted by atomic mass is 10.1. The molecule has 0 aromatic heterocycles. The number of aliphatic hydroxyl groups is 2. The van der Waals surface area contributed by atoms with E-state index in [9.17, 15) is 72.9 Å². The van der Waals surface area contributed by atoms with E-state index in [4.69, 9.17) is 15.9 Å². The normalized spacial score (nSPS) is 19.6. The van der Waals surface area contributed by atoms with E-state index in [1.807, 2.05) is 5.32 Å². The van der Waals surface area contributed by atoms with Crippen molar-refractivity contribution in [3.8, 4) is 0 Å². The summed E-state index contributed by atoms with van der Waals surface area (Å²) in [6.07, 6.45) is -2.48. The van der Waals surface area contributed by atoms with Gasteiger partial charge in [-0.3, -0.25) is 52.7 Å². The van der Waals surface area contributed by atoms with Crippen LogP contribution in [0.2, 0.25) is 0 Å². The second-order valence-corrected chi connectivity index (χ2v) is 13.8. The molecule has 27 heteroatoms. The molecular formula is C33H50N10O17. The first-order chi connectivity index (χ1) is 28.0. The number of nitrogens with two attached hydrogens (primary N) is 1. The van der Waals surface area contributed by atoms with Gasteiger partial charge in [-0.15, -0.1) is 0 Å². The quantitative estimate of drug-likeness (QED) is 0.0481. The maximum atomic E-state index is 13.3. The molecule has 9 amide bonds. The Labute approximate surface area is 340 Å². The third-order valence-corrected chi connectivity index (χ3v) is 9.06. The van der Waals surface area contributed by atoms with Crippen molar-refractivity contribution in [2.24, 2.45) is 5.73 Å². The van der Waals surface area contributed by atoms with Gasteiger partial charge in [0.15, 0.2) is 0 Å². The van der Waals surface area contributed by atoms with E-state index in [-0.39, 0.29) is 25.9 Å². The summed E-state index contributed by atoms with van der Waals surface area (Å²) in [6, 6.07) is -9.89. The van der Waals surface area contributed by atoms with Crippen LogP contribution in [0.25, 0.3) is 0 Å². The van der Waals surface area contributed by atoms with Gasteiger partial charge in [-0.2, -0.15) is 0 Å². The third-order valence-electron chi connectivity index (χ3n) is 9.06. The van der Waals surface area contributed by atoms with Crippen LogP contribution in [0.15, 0.2) is 0 Å². The second-order valence-electron chi connectivity index (χ2n) is 13.8. The Balaban J connectivity index is 1.89. The Morgan fingerprint density at radius 3 is 1.85 bits per heavy atom. The monoisotopic (exact) mass is 858 g/mol. The number of β-amino-alcohol motifs (C(OH)–C–C–N with tert-alkyl or cyclic N) is 1. The average molecular weight is 859 g/mol. The number of carboxylic acid groups (broad SMARTS) is 3. The van der Waals surface area contributed by atoms with Crippen molar-refractivity contribution in [3.05, 3.63) is 0 Å². The lowest BCUT2D eigenvalue weighted by molar-refractivity contribution is -0.145. The van der Waals surface area contributed by atoms with Crippen LogP contribution in [0, 0.1) is 0 Å². The van der Waals surface area contributed by atoms with E-state index in [1.54, 1.807) is 0 Å². The fraction of sp³-hybridized carbons (Fsp3) is 0.636. The molecule has 14 N–H and O–H groups in total. The SMILES string of the molecule is C[C@H](NC(=O)[C@H](CC(=O)O)NC(=O)CNC(=O)[C@@H](N)CC(=O)O)C(=O)NCC(=O)N[C@@H](C)C(=O)N1C[C@H](O)C[C@H]1C(=O)NCC(=O)N1CCC[C@H]1C(=O)N[C@@H](CO)C(=O)O. The smallest absolute Gasteiger partial charge is 0.328 e. The number of rotatable bonds is 22. The number of aliphatic carboxylic acids is 3. The zero-order valence-electron chi connectivity index (χ0n) is 32.5. The fourth-order valence-electron chi connectivity index (χ4n) is 5.99. The van der Waals surface area contributed by atoms with Crippen LogP contribution in [0.1, 0.15) is 46.0 Å². The van der Waals surface area contributed by atoms with E-state index in [0.717, 1.165) is 16.7 Å². The van der Waals surface area contributed by atoms with Crippen LogP contribution in [0.4, 0.5) is 0 Å². The van der Waals surface area contributed by atoms with Crippen LogP contribution >= 0.6 is 0 Å². The molecule has 2 aliphatic heterocycles. The van der Waals surface area contributed by atoms with Crippen molar-refractivity contribution >= 4 is 71.1 Å². The minimum absolute atomic E-state index is 0.120. The highest BCUT2D eigenvalue weighted by Gasteiger charge is 2.41. The van der Waals surface area contributed by atoms with Gasteiger partial charge in [-0.1, -0.05) is 0 Å². The molecule has 0 aromatic carbocycles. The minimum atomic E-state index is -1.75. The van der Waals surface area contributed by atoms with Gasteiger partial charge >= 0.3 is 17.9 Å². The molecule has 0 unspecified atom stereocenters. The number of hydrogen-bond acceptors (Lipinski definition) is 15. The lowest BCUT2D eigenvalue weighted by Gasteiger charge is -2.28. The molecule has 2 saturated heterocycles. The Morgan fingerprint density at radius 2 is 1.27 bits per heavy atom. The Bertz CT molecular complexity index is 1690. The zero-order chi connectivity index (χ0) is 45.4. The van der Waals surface area contributed by atoms with Gasteiger partial charge in [0, 0.05) is 19.5 Å². The maximum absolute atomic E-state index is 13.3. The number of carboxylic acids is 3.